The van der Waals surface area contributed by atoms with Crippen LogP contribution in [0, 0.1) is 0 Å². The van der Waals surface area contributed by atoms with Crippen molar-refractivity contribution in [1.29, 1.82) is 0 Å². The summed E-state index contributed by atoms with van der Waals surface area (Å²) in [6.45, 7) is 0. The van der Waals surface area contributed by atoms with E-state index in [2.05, 4.69) is 52.7 Å². The standard InChI is InChI=1S/C18H19Si/c19-13-12-15-10-11-17(14-6-2-1-3-7-14)18-9-5-4-8-16(15)18/h4-6,8-11H,1-3,7,12-13H2. The Morgan fingerprint density at radius 2 is 1.79 bits per heavy atom. The summed E-state index contributed by atoms with van der Waals surface area (Å²) in [4.78, 5) is 0. The Morgan fingerprint density at radius 1 is 0.947 bits per heavy atom. The molecule has 0 amide bonds. The van der Waals surface area contributed by atoms with Crippen LogP contribution in [0.5, 0.6) is 0 Å². The Labute approximate surface area is 119 Å². The summed E-state index contributed by atoms with van der Waals surface area (Å²) in [5, 5.41) is 2.85. The Bertz CT molecular complexity index is 610. The number of fused-ring (bicyclic) bond motifs is 1. The minimum absolute atomic E-state index is 1.02. The fourth-order valence-corrected chi connectivity index (χ4v) is 3.35. The van der Waals surface area contributed by atoms with E-state index in [1.807, 2.05) is 0 Å². The SMILES string of the molecule is [Si]CCc1ccc(C2=CCCCC2)c2ccccc12. The topological polar surface area (TPSA) is 0 Å². The molecule has 0 bridgehead atoms. The molecule has 0 N–H and O–H groups in total. The minimum Gasteiger partial charge on any atom is -0.0807 e. The molecule has 3 radical (unpaired) electrons. The van der Waals surface area contributed by atoms with Crippen LogP contribution in [0.1, 0.15) is 36.8 Å². The van der Waals surface area contributed by atoms with Gasteiger partial charge in [0.2, 0.25) is 0 Å². The minimum atomic E-state index is 1.02. The second-order valence-corrected chi connectivity index (χ2v) is 5.79. The van der Waals surface area contributed by atoms with E-state index < -0.39 is 0 Å². The summed E-state index contributed by atoms with van der Waals surface area (Å²) >= 11 is 0. The van der Waals surface area contributed by atoms with E-state index in [1.54, 1.807) is 5.57 Å². The third-order valence-electron chi connectivity index (χ3n) is 4.05. The molecular formula is C18H19Si. The highest BCUT2D eigenvalue weighted by molar-refractivity contribution is 6.08. The van der Waals surface area contributed by atoms with Gasteiger partial charge in [-0.25, -0.2) is 0 Å². The number of allylic oxidation sites excluding steroid dienone is 2. The van der Waals surface area contributed by atoms with Gasteiger partial charge in [0.25, 0.3) is 0 Å². The summed E-state index contributed by atoms with van der Waals surface area (Å²) in [5.41, 5.74) is 4.45. The molecule has 0 heterocycles. The van der Waals surface area contributed by atoms with E-state index in [4.69, 9.17) is 0 Å². The zero-order valence-corrected chi connectivity index (χ0v) is 12.3. The van der Waals surface area contributed by atoms with Gasteiger partial charge >= 0.3 is 0 Å². The third kappa shape index (κ3) is 2.52. The Morgan fingerprint density at radius 3 is 2.53 bits per heavy atom. The molecule has 1 heteroatoms. The van der Waals surface area contributed by atoms with Gasteiger partial charge in [-0.3, -0.25) is 0 Å². The first kappa shape index (κ1) is 12.7. The fourth-order valence-electron chi connectivity index (χ4n) is 3.08. The molecule has 1 aliphatic carbocycles. The van der Waals surface area contributed by atoms with Crippen LogP contribution < -0.4 is 0 Å². The summed E-state index contributed by atoms with van der Waals surface area (Å²) in [5.74, 6) is 0. The van der Waals surface area contributed by atoms with Gasteiger partial charge in [0.05, 0.1) is 0 Å². The van der Waals surface area contributed by atoms with Gasteiger partial charge in [0, 0.05) is 10.2 Å². The Kier molecular flexibility index (Phi) is 3.83. The van der Waals surface area contributed by atoms with Crippen molar-refractivity contribution in [2.24, 2.45) is 0 Å². The maximum absolute atomic E-state index is 3.60. The molecule has 0 fully saturated rings. The molecule has 0 spiro atoms. The average molecular weight is 263 g/mol. The fraction of sp³-hybridized carbons (Fsp3) is 0.333. The lowest BCUT2D eigenvalue weighted by atomic mass is 9.89. The molecule has 0 saturated carbocycles. The van der Waals surface area contributed by atoms with Crippen molar-refractivity contribution < 1.29 is 0 Å². The average Bonchev–Trinajstić information content (AvgIpc) is 2.49. The van der Waals surface area contributed by atoms with Crippen LogP contribution in [0.3, 0.4) is 0 Å². The quantitative estimate of drug-likeness (QED) is 0.689. The lowest BCUT2D eigenvalue weighted by molar-refractivity contribution is 0.742. The van der Waals surface area contributed by atoms with Gasteiger partial charge < -0.3 is 0 Å². The van der Waals surface area contributed by atoms with Crippen molar-refractivity contribution in [1.82, 2.24) is 0 Å². The van der Waals surface area contributed by atoms with Crippen molar-refractivity contribution >= 4 is 26.6 Å². The van der Waals surface area contributed by atoms with Gasteiger partial charge in [-0.05, 0) is 59.6 Å². The molecule has 2 aromatic rings. The number of aryl methyl sites for hydroxylation is 1. The first-order chi connectivity index (χ1) is 9.40. The predicted molar refractivity (Wildman–Crippen MR) is 84.7 cm³/mol. The van der Waals surface area contributed by atoms with Crippen LogP contribution in [-0.4, -0.2) is 10.2 Å². The zero-order chi connectivity index (χ0) is 13.1. The van der Waals surface area contributed by atoms with Crippen molar-refractivity contribution in [2.75, 3.05) is 0 Å². The van der Waals surface area contributed by atoms with E-state index in [9.17, 15) is 0 Å². The highest BCUT2D eigenvalue weighted by Gasteiger charge is 2.11. The molecule has 95 valence electrons. The normalized spacial score (nSPS) is 15.5. The van der Waals surface area contributed by atoms with Crippen LogP contribution in [0.2, 0.25) is 6.04 Å². The molecule has 3 rings (SSSR count). The molecule has 1 aliphatic rings. The van der Waals surface area contributed by atoms with E-state index in [0.29, 0.717) is 0 Å². The number of hydrogen-bond donors (Lipinski definition) is 0. The highest BCUT2D eigenvalue weighted by Crippen LogP contribution is 2.33. The summed E-state index contributed by atoms with van der Waals surface area (Å²) in [6.07, 6.45) is 8.70. The second-order valence-electron chi connectivity index (χ2n) is 5.29. The summed E-state index contributed by atoms with van der Waals surface area (Å²) in [6, 6.07) is 14.5. The van der Waals surface area contributed by atoms with Crippen molar-refractivity contribution in [3.63, 3.8) is 0 Å². The molecular weight excluding hydrogens is 244 g/mol. The van der Waals surface area contributed by atoms with Gasteiger partial charge in [0.15, 0.2) is 0 Å². The van der Waals surface area contributed by atoms with Crippen LogP contribution in [-0.2, 0) is 6.42 Å². The lowest BCUT2D eigenvalue weighted by Gasteiger charge is -2.16. The molecule has 0 unspecified atom stereocenters. The van der Waals surface area contributed by atoms with Crippen molar-refractivity contribution in [2.45, 2.75) is 38.1 Å². The van der Waals surface area contributed by atoms with Gasteiger partial charge in [-0.1, -0.05) is 48.5 Å². The molecule has 19 heavy (non-hydrogen) atoms. The monoisotopic (exact) mass is 263 g/mol. The van der Waals surface area contributed by atoms with Crippen LogP contribution in [0.25, 0.3) is 16.3 Å². The van der Waals surface area contributed by atoms with E-state index in [1.165, 1.54) is 47.6 Å². The molecule has 2 aromatic carbocycles. The zero-order valence-electron chi connectivity index (χ0n) is 11.3. The second kappa shape index (κ2) is 5.75. The number of hydrogen-bond acceptors (Lipinski definition) is 0. The summed E-state index contributed by atoms with van der Waals surface area (Å²) in [7, 11) is 3.60. The highest BCUT2D eigenvalue weighted by atomic mass is 28.1. The molecule has 0 saturated heterocycles. The first-order valence-corrected chi connectivity index (χ1v) is 7.95. The number of rotatable bonds is 3. The van der Waals surface area contributed by atoms with Crippen LogP contribution in [0.15, 0.2) is 42.5 Å². The maximum Gasteiger partial charge on any atom is 0.0225 e. The van der Waals surface area contributed by atoms with E-state index in [-0.39, 0.29) is 0 Å². The molecule has 0 aromatic heterocycles. The van der Waals surface area contributed by atoms with Gasteiger partial charge in [-0.2, -0.15) is 0 Å². The predicted octanol–water partition coefficient (Wildman–Crippen LogP) is 4.93. The van der Waals surface area contributed by atoms with Crippen LogP contribution >= 0.6 is 0 Å². The first-order valence-electron chi connectivity index (χ1n) is 7.25. The lowest BCUT2D eigenvalue weighted by Crippen LogP contribution is -1.95. The van der Waals surface area contributed by atoms with Crippen LogP contribution in [0.4, 0.5) is 0 Å². The summed E-state index contributed by atoms with van der Waals surface area (Å²) < 4.78 is 0. The number of benzene rings is 2. The van der Waals surface area contributed by atoms with Gasteiger partial charge in [0.1, 0.15) is 0 Å². The smallest absolute Gasteiger partial charge is 0.0225 e. The van der Waals surface area contributed by atoms with Gasteiger partial charge in [-0.15, -0.1) is 0 Å². The molecule has 0 aliphatic heterocycles. The largest absolute Gasteiger partial charge is 0.0807 e. The maximum atomic E-state index is 3.60. The molecule has 0 nitrogen and oxygen atoms in total. The van der Waals surface area contributed by atoms with Crippen molar-refractivity contribution in [3.05, 3.63) is 53.6 Å². The molecule has 0 atom stereocenters. The van der Waals surface area contributed by atoms with E-state index >= 15 is 0 Å². The van der Waals surface area contributed by atoms with Crippen molar-refractivity contribution in [3.8, 4) is 0 Å². The van der Waals surface area contributed by atoms with E-state index in [0.717, 1.165) is 12.5 Å². The Balaban J connectivity index is 2.16. The Hall–Kier alpha value is -1.34. The third-order valence-corrected chi connectivity index (χ3v) is 4.30.